The van der Waals surface area contributed by atoms with Crippen LogP contribution < -0.4 is 0 Å². The van der Waals surface area contributed by atoms with E-state index in [0.29, 0.717) is 44.2 Å². The van der Waals surface area contributed by atoms with E-state index in [-0.39, 0.29) is 0 Å². The fraction of sp³-hybridized carbons (Fsp3) is 0.385. The quantitative estimate of drug-likeness (QED) is 0.644. The Morgan fingerprint density at radius 2 is 2.14 bits per heavy atom. The largest absolute Gasteiger partial charge is 0.339 e. The average Bonchev–Trinajstić information content (AvgIpc) is 3.02. The van der Waals surface area contributed by atoms with Crippen molar-refractivity contribution in [1.29, 1.82) is 0 Å². The maximum Gasteiger partial charge on any atom is 0.226 e. The summed E-state index contributed by atoms with van der Waals surface area (Å²) in [5.74, 6) is 2.30. The molecule has 0 aliphatic heterocycles. The molecule has 0 unspecified atom stereocenters. The lowest BCUT2D eigenvalue weighted by molar-refractivity contribution is 0.360. The minimum absolute atomic E-state index is 0.464. The van der Waals surface area contributed by atoms with Crippen LogP contribution in [0.3, 0.4) is 0 Å². The Balaban J connectivity index is 1.75. The van der Waals surface area contributed by atoms with Crippen LogP contribution in [0.2, 0.25) is 10.0 Å². The minimum Gasteiger partial charge on any atom is -0.339 e. The van der Waals surface area contributed by atoms with Crippen molar-refractivity contribution in [3.63, 3.8) is 0 Å². The van der Waals surface area contributed by atoms with Crippen molar-refractivity contribution in [1.82, 2.24) is 24.7 Å². The summed E-state index contributed by atoms with van der Waals surface area (Å²) in [7, 11) is 0. The number of rotatable bonds is 5. The second-order valence-corrected chi connectivity index (χ2v) is 6.96. The molecule has 0 aliphatic carbocycles. The van der Waals surface area contributed by atoms with Crippen molar-refractivity contribution in [2.24, 2.45) is 5.92 Å². The first-order valence-corrected chi connectivity index (χ1v) is 8.41. The Kier molecular flexibility index (Phi) is 4.56. The Hall–Kier alpha value is -1.31. The molecule has 0 spiro atoms. The van der Waals surface area contributed by atoms with Gasteiger partial charge in [-0.05, 0) is 12.0 Å². The molecule has 3 aromatic rings. The number of aromatic nitrogens is 5. The zero-order valence-corrected chi connectivity index (χ0v) is 14.3. The summed E-state index contributed by atoms with van der Waals surface area (Å²) in [5.41, 5.74) is 0.571. The SMILES string of the molecule is CC(C)Cc1nc(CSc2nnc3c(Cl)cc(Cl)cn23)no1. The van der Waals surface area contributed by atoms with E-state index in [4.69, 9.17) is 27.7 Å². The van der Waals surface area contributed by atoms with Crippen LogP contribution in [-0.4, -0.2) is 24.7 Å². The fourth-order valence-electron chi connectivity index (χ4n) is 1.91. The number of hydrogen-bond acceptors (Lipinski definition) is 6. The van der Waals surface area contributed by atoms with Gasteiger partial charge in [-0.25, -0.2) is 0 Å². The Bertz CT molecular complexity index is 801. The molecule has 0 saturated heterocycles. The van der Waals surface area contributed by atoms with Crippen LogP contribution in [0.25, 0.3) is 5.65 Å². The van der Waals surface area contributed by atoms with Gasteiger partial charge in [0.1, 0.15) is 0 Å². The predicted octanol–water partition coefficient (Wildman–Crippen LogP) is 3.91. The molecule has 6 nitrogen and oxygen atoms in total. The van der Waals surface area contributed by atoms with E-state index in [2.05, 4.69) is 34.2 Å². The van der Waals surface area contributed by atoms with Crippen LogP contribution in [0, 0.1) is 5.92 Å². The first-order chi connectivity index (χ1) is 10.5. The van der Waals surface area contributed by atoms with E-state index >= 15 is 0 Å². The van der Waals surface area contributed by atoms with Gasteiger partial charge in [-0.15, -0.1) is 10.2 Å². The molecule has 0 aromatic carbocycles. The van der Waals surface area contributed by atoms with Gasteiger partial charge in [-0.3, -0.25) is 4.40 Å². The molecular formula is C13H13Cl2N5OS. The molecule has 0 N–H and O–H groups in total. The van der Waals surface area contributed by atoms with Crippen molar-refractivity contribution in [2.75, 3.05) is 0 Å². The van der Waals surface area contributed by atoms with Crippen LogP contribution in [0.5, 0.6) is 0 Å². The summed E-state index contributed by atoms with van der Waals surface area (Å²) in [6.07, 6.45) is 2.50. The number of nitrogens with zero attached hydrogens (tertiary/aromatic N) is 5. The highest BCUT2D eigenvalue weighted by atomic mass is 35.5. The third-order valence-corrected chi connectivity index (χ3v) is 4.24. The van der Waals surface area contributed by atoms with Gasteiger partial charge in [0.25, 0.3) is 0 Å². The van der Waals surface area contributed by atoms with Crippen molar-refractivity contribution in [3.8, 4) is 0 Å². The lowest BCUT2D eigenvalue weighted by atomic mass is 10.1. The number of halogens is 2. The average molecular weight is 358 g/mol. The van der Waals surface area contributed by atoms with Gasteiger partial charge in [-0.1, -0.05) is 54.0 Å². The molecule has 116 valence electrons. The van der Waals surface area contributed by atoms with E-state index in [9.17, 15) is 0 Å². The van der Waals surface area contributed by atoms with Crippen molar-refractivity contribution < 1.29 is 4.52 Å². The second-order valence-electron chi connectivity index (χ2n) is 5.17. The van der Waals surface area contributed by atoms with Crippen LogP contribution in [-0.2, 0) is 12.2 Å². The lowest BCUT2D eigenvalue weighted by Crippen LogP contribution is -1.94. The van der Waals surface area contributed by atoms with E-state index in [1.165, 1.54) is 11.8 Å². The molecule has 0 atom stereocenters. The first-order valence-electron chi connectivity index (χ1n) is 6.67. The Morgan fingerprint density at radius 1 is 1.32 bits per heavy atom. The van der Waals surface area contributed by atoms with Gasteiger partial charge in [0.05, 0.1) is 15.8 Å². The van der Waals surface area contributed by atoms with Crippen molar-refractivity contribution >= 4 is 40.6 Å². The third-order valence-electron chi connectivity index (χ3n) is 2.82. The van der Waals surface area contributed by atoms with Gasteiger partial charge in [-0.2, -0.15) is 4.98 Å². The number of hydrogen-bond donors (Lipinski definition) is 0. The Morgan fingerprint density at radius 3 is 2.91 bits per heavy atom. The Labute approximate surface area is 141 Å². The predicted molar refractivity (Wildman–Crippen MR) is 85.4 cm³/mol. The molecule has 0 amide bonds. The molecule has 0 bridgehead atoms. The summed E-state index contributed by atoms with van der Waals surface area (Å²) in [4.78, 5) is 4.36. The monoisotopic (exact) mass is 357 g/mol. The van der Waals surface area contributed by atoms with Gasteiger partial charge >= 0.3 is 0 Å². The lowest BCUT2D eigenvalue weighted by Gasteiger charge is -2.00. The van der Waals surface area contributed by atoms with Gasteiger partial charge in [0.2, 0.25) is 5.89 Å². The molecule has 3 heterocycles. The molecule has 9 heteroatoms. The minimum atomic E-state index is 0.464. The summed E-state index contributed by atoms with van der Waals surface area (Å²) < 4.78 is 6.97. The normalized spacial score (nSPS) is 11.7. The summed E-state index contributed by atoms with van der Waals surface area (Å²) in [5, 5.41) is 13.8. The smallest absolute Gasteiger partial charge is 0.226 e. The van der Waals surface area contributed by atoms with E-state index in [1.807, 2.05) is 0 Å². The summed E-state index contributed by atoms with van der Waals surface area (Å²) in [6.45, 7) is 4.21. The van der Waals surface area contributed by atoms with E-state index < -0.39 is 0 Å². The molecule has 0 fully saturated rings. The highest BCUT2D eigenvalue weighted by molar-refractivity contribution is 7.98. The second kappa shape index (κ2) is 6.44. The van der Waals surface area contributed by atoms with Crippen molar-refractivity contribution in [3.05, 3.63) is 34.0 Å². The molecule has 0 radical (unpaired) electrons. The number of fused-ring (bicyclic) bond motifs is 1. The molecule has 22 heavy (non-hydrogen) atoms. The molecule has 0 aliphatic rings. The zero-order valence-electron chi connectivity index (χ0n) is 12.0. The van der Waals surface area contributed by atoms with Gasteiger partial charge in [0, 0.05) is 12.6 Å². The number of pyridine rings is 1. The van der Waals surface area contributed by atoms with Crippen LogP contribution >= 0.6 is 35.0 Å². The molecule has 3 rings (SSSR count). The molecule has 0 saturated carbocycles. The van der Waals surface area contributed by atoms with Gasteiger partial charge < -0.3 is 4.52 Å². The van der Waals surface area contributed by atoms with E-state index in [1.54, 1.807) is 16.7 Å². The summed E-state index contributed by atoms with van der Waals surface area (Å²) in [6, 6.07) is 1.64. The third kappa shape index (κ3) is 3.37. The van der Waals surface area contributed by atoms with Crippen LogP contribution in [0.4, 0.5) is 0 Å². The topological polar surface area (TPSA) is 69.1 Å². The maximum atomic E-state index is 6.09. The van der Waals surface area contributed by atoms with Crippen molar-refractivity contribution in [2.45, 2.75) is 31.2 Å². The van der Waals surface area contributed by atoms with E-state index in [0.717, 1.165) is 6.42 Å². The van der Waals surface area contributed by atoms with Crippen LogP contribution in [0.1, 0.15) is 25.6 Å². The molecule has 3 aromatic heterocycles. The first kappa shape index (κ1) is 15.6. The zero-order chi connectivity index (χ0) is 15.7. The molecular weight excluding hydrogens is 345 g/mol. The highest BCUT2D eigenvalue weighted by Gasteiger charge is 2.13. The number of thioether (sulfide) groups is 1. The fourth-order valence-corrected chi connectivity index (χ4v) is 3.17. The standard InChI is InChI=1S/C13H13Cl2N5OS/c1-7(2)3-11-16-10(19-21-11)6-22-13-18-17-12-9(15)4-8(14)5-20(12)13/h4-5,7H,3,6H2,1-2H3. The highest BCUT2D eigenvalue weighted by Crippen LogP contribution is 2.26. The maximum absolute atomic E-state index is 6.09. The van der Waals surface area contributed by atoms with Crippen LogP contribution in [0.15, 0.2) is 21.9 Å². The van der Waals surface area contributed by atoms with Gasteiger partial charge in [0.15, 0.2) is 16.6 Å². The summed E-state index contributed by atoms with van der Waals surface area (Å²) >= 11 is 13.5.